The summed E-state index contributed by atoms with van der Waals surface area (Å²) in [5.41, 5.74) is 2.33. The van der Waals surface area contributed by atoms with Gasteiger partial charge in [-0.2, -0.15) is 5.26 Å². The number of hydrogen-bond donors (Lipinski definition) is 3. The summed E-state index contributed by atoms with van der Waals surface area (Å²) in [4.78, 5) is 38.8. The van der Waals surface area contributed by atoms with Crippen LogP contribution in [0.25, 0.3) is 21.7 Å². The highest BCUT2D eigenvalue weighted by molar-refractivity contribution is 7.17. The highest BCUT2D eigenvalue weighted by Gasteiger charge is 2.32. The van der Waals surface area contributed by atoms with Crippen molar-refractivity contribution in [2.24, 2.45) is 5.41 Å². The minimum atomic E-state index is -0.315. The third kappa shape index (κ3) is 7.07. The number of likely N-dealkylation sites (tertiary alicyclic amines) is 1. The highest BCUT2D eigenvalue weighted by atomic mass is 32.1. The number of aliphatic hydroxyl groups excluding tert-OH is 1. The Balaban J connectivity index is 1.45. The van der Waals surface area contributed by atoms with E-state index < -0.39 is 0 Å². The van der Waals surface area contributed by atoms with Crippen LogP contribution in [0, 0.1) is 16.7 Å². The van der Waals surface area contributed by atoms with Crippen LogP contribution in [0.1, 0.15) is 55.8 Å². The number of hydrogen-bond acceptors (Lipinski definition) is 9. The van der Waals surface area contributed by atoms with Crippen molar-refractivity contribution in [1.82, 2.24) is 24.8 Å². The number of amides is 2. The molecule has 0 radical (unpaired) electrons. The van der Waals surface area contributed by atoms with E-state index in [-0.39, 0.29) is 41.5 Å². The van der Waals surface area contributed by atoms with E-state index in [1.54, 1.807) is 23.2 Å². The van der Waals surface area contributed by atoms with Gasteiger partial charge in [0.2, 0.25) is 5.95 Å². The zero-order valence-electron chi connectivity index (χ0n) is 25.3. The number of carbonyl (C=O) groups is 2. The first-order chi connectivity index (χ1) is 21.1. The van der Waals surface area contributed by atoms with Crippen molar-refractivity contribution in [3.8, 4) is 16.7 Å². The van der Waals surface area contributed by atoms with Gasteiger partial charge < -0.3 is 24.3 Å². The number of nitriles is 1. The fourth-order valence-corrected chi connectivity index (χ4v) is 6.10. The predicted octanol–water partition coefficient (Wildman–Crippen LogP) is 4.96. The molecule has 4 aromatic rings. The van der Waals surface area contributed by atoms with Crippen molar-refractivity contribution in [2.75, 3.05) is 18.5 Å². The number of allylic oxidation sites excluding steroid dienone is 1. The van der Waals surface area contributed by atoms with Crippen molar-refractivity contribution in [1.29, 1.82) is 5.26 Å². The molecule has 0 aliphatic carbocycles. The van der Waals surface area contributed by atoms with Crippen molar-refractivity contribution in [2.45, 2.75) is 65.7 Å². The first-order valence-corrected chi connectivity index (χ1v) is 15.5. The van der Waals surface area contributed by atoms with Gasteiger partial charge in [-0.1, -0.05) is 32.9 Å². The van der Waals surface area contributed by atoms with Crippen LogP contribution in [0.15, 0.2) is 59.0 Å². The molecular weight excluding hydrogens is 578 g/mol. The molecule has 1 aliphatic heterocycles. The molecule has 0 spiro atoms. The van der Waals surface area contributed by atoms with Crippen molar-refractivity contribution in [3.05, 3.63) is 65.0 Å². The third-order valence-corrected chi connectivity index (χ3v) is 8.53. The molecule has 3 aromatic heterocycles. The molecule has 11 nitrogen and oxygen atoms in total. The lowest BCUT2D eigenvalue weighted by atomic mass is 9.93. The smallest absolute Gasteiger partial charge is 0.268 e. The summed E-state index contributed by atoms with van der Waals surface area (Å²) in [5, 5.41) is 25.4. The summed E-state index contributed by atoms with van der Waals surface area (Å²) < 4.78 is 7.32. The van der Waals surface area contributed by atoms with E-state index in [0.717, 1.165) is 28.8 Å². The molecule has 12 heteroatoms. The largest absolute Gasteiger partial charge is 0.443 e. The number of carbonyl (C=O) groups excluding carboxylic acids is 2. The Hall–Kier alpha value is -4.31. The standard InChI is InChI=1S/C32H37N7O4S/c1-20(18-40)35-15-21-7-8-25-24(12-21)36-31(37-29(41)28-10-9-27(44-28)26-16-34-19-43-26)39(25)17-23-6-5-11-38(23)30(42)22(14-33)13-32(2,3)4/h7-10,12-13,16,19-20,23,35,40H,5-6,11,15,17-18H2,1-4H3,(H,36,37,41)/b22-13+/t20-,23-/m1/s1. The molecule has 2 atom stereocenters. The van der Waals surface area contributed by atoms with Gasteiger partial charge in [-0.3, -0.25) is 14.9 Å². The first-order valence-electron chi connectivity index (χ1n) is 14.6. The Kier molecular flexibility index (Phi) is 9.29. The number of fused-ring (bicyclic) bond motifs is 1. The molecule has 4 heterocycles. The van der Waals surface area contributed by atoms with Crippen molar-refractivity contribution < 1.29 is 19.1 Å². The van der Waals surface area contributed by atoms with Gasteiger partial charge in [0.1, 0.15) is 11.6 Å². The average Bonchev–Trinajstić information content (AvgIpc) is 3.81. The van der Waals surface area contributed by atoms with Crippen LogP contribution in [0.5, 0.6) is 0 Å². The second-order valence-electron chi connectivity index (χ2n) is 12.1. The molecule has 2 amide bonds. The molecular formula is C32H37N7O4S. The normalized spacial score (nSPS) is 16.3. The minimum Gasteiger partial charge on any atom is -0.443 e. The van der Waals surface area contributed by atoms with Crippen LogP contribution >= 0.6 is 11.3 Å². The lowest BCUT2D eigenvalue weighted by molar-refractivity contribution is -0.127. The predicted molar refractivity (Wildman–Crippen MR) is 169 cm³/mol. The number of nitrogens with one attached hydrogen (secondary N) is 2. The topological polar surface area (TPSA) is 149 Å². The molecule has 230 valence electrons. The second kappa shape index (κ2) is 13.1. The second-order valence-corrected chi connectivity index (χ2v) is 13.2. The fraction of sp³-hybridized carbons (Fsp3) is 0.406. The maximum atomic E-state index is 13.5. The van der Waals surface area contributed by atoms with E-state index in [1.165, 1.54) is 17.7 Å². The zero-order valence-corrected chi connectivity index (χ0v) is 26.1. The molecule has 1 fully saturated rings. The summed E-state index contributed by atoms with van der Waals surface area (Å²) in [7, 11) is 0. The van der Waals surface area contributed by atoms with Crippen LogP contribution in [0.3, 0.4) is 0 Å². The summed E-state index contributed by atoms with van der Waals surface area (Å²) in [6.45, 7) is 9.32. The van der Waals surface area contributed by atoms with Crippen LogP contribution in [0.4, 0.5) is 5.95 Å². The molecule has 0 bridgehead atoms. The van der Waals surface area contributed by atoms with E-state index >= 15 is 0 Å². The van der Waals surface area contributed by atoms with E-state index in [4.69, 9.17) is 9.40 Å². The van der Waals surface area contributed by atoms with E-state index in [1.807, 2.05) is 56.5 Å². The molecule has 1 aliphatic rings. The highest BCUT2D eigenvalue weighted by Crippen LogP contribution is 2.30. The molecule has 1 aromatic carbocycles. The van der Waals surface area contributed by atoms with Gasteiger partial charge in [-0.05, 0) is 55.0 Å². The van der Waals surface area contributed by atoms with Crippen molar-refractivity contribution in [3.63, 3.8) is 0 Å². The average molecular weight is 616 g/mol. The van der Waals surface area contributed by atoms with Crippen LogP contribution in [-0.2, 0) is 17.9 Å². The third-order valence-electron chi connectivity index (χ3n) is 7.43. The SMILES string of the molecule is C[C@H](CO)NCc1ccc2c(c1)nc(NC(=O)c1ccc(-c3cnco3)s1)n2C[C@H]1CCCN1C(=O)/C(C#N)=C/C(C)(C)C. The maximum absolute atomic E-state index is 13.5. The van der Waals surface area contributed by atoms with Crippen LogP contribution in [0.2, 0.25) is 0 Å². The number of anilines is 1. The summed E-state index contributed by atoms with van der Waals surface area (Å²) >= 11 is 1.29. The Labute approximate surface area is 260 Å². The quantitative estimate of drug-likeness (QED) is 0.167. The lowest BCUT2D eigenvalue weighted by Gasteiger charge is -2.26. The van der Waals surface area contributed by atoms with Gasteiger partial charge in [0.15, 0.2) is 12.2 Å². The Morgan fingerprint density at radius 2 is 2.11 bits per heavy atom. The molecule has 0 unspecified atom stereocenters. The molecule has 1 saturated heterocycles. The first kappa shape index (κ1) is 31.1. The maximum Gasteiger partial charge on any atom is 0.268 e. The molecule has 5 rings (SSSR count). The van der Waals surface area contributed by atoms with Gasteiger partial charge in [0, 0.05) is 25.7 Å². The summed E-state index contributed by atoms with van der Waals surface area (Å²) in [6, 6.07) is 11.3. The van der Waals surface area contributed by atoms with Gasteiger partial charge in [-0.15, -0.1) is 11.3 Å². The number of aliphatic hydroxyl groups is 1. The Morgan fingerprint density at radius 3 is 2.82 bits per heavy atom. The van der Waals surface area contributed by atoms with Gasteiger partial charge in [-0.25, -0.2) is 9.97 Å². The van der Waals surface area contributed by atoms with Crippen LogP contribution in [-0.4, -0.2) is 61.6 Å². The van der Waals surface area contributed by atoms with Crippen molar-refractivity contribution >= 4 is 40.1 Å². The van der Waals surface area contributed by atoms with Gasteiger partial charge in [0.25, 0.3) is 11.8 Å². The minimum absolute atomic E-state index is 0.0307. The number of rotatable bonds is 10. The number of thiophene rings is 1. The van der Waals surface area contributed by atoms with E-state index in [9.17, 15) is 20.0 Å². The number of benzene rings is 1. The summed E-state index contributed by atoms with van der Waals surface area (Å²) in [6.07, 6.45) is 6.26. The van der Waals surface area contributed by atoms with E-state index in [2.05, 4.69) is 21.7 Å². The molecule has 0 saturated carbocycles. The number of oxazole rings is 1. The number of nitrogens with zero attached hydrogens (tertiary/aromatic N) is 5. The van der Waals surface area contributed by atoms with Crippen LogP contribution < -0.4 is 10.6 Å². The number of imidazole rings is 1. The molecule has 44 heavy (non-hydrogen) atoms. The number of aromatic nitrogens is 3. The Morgan fingerprint density at radius 1 is 1.30 bits per heavy atom. The fourth-order valence-electron chi connectivity index (χ4n) is 5.25. The summed E-state index contributed by atoms with van der Waals surface area (Å²) in [5.74, 6) is 0.375. The van der Waals surface area contributed by atoms with Gasteiger partial charge >= 0.3 is 0 Å². The Bertz CT molecular complexity index is 1710. The molecule has 3 N–H and O–H groups in total. The van der Waals surface area contributed by atoms with E-state index in [0.29, 0.717) is 41.7 Å². The van der Waals surface area contributed by atoms with Gasteiger partial charge in [0.05, 0.1) is 39.6 Å². The zero-order chi connectivity index (χ0) is 31.4. The monoisotopic (exact) mass is 615 g/mol. The lowest BCUT2D eigenvalue weighted by Crippen LogP contribution is -2.39.